The van der Waals surface area contributed by atoms with Crippen LogP contribution in [0, 0.1) is 0 Å². The molecule has 0 N–H and O–H groups in total. The number of pyridine rings is 1. The summed E-state index contributed by atoms with van der Waals surface area (Å²) in [6.45, 7) is 3.95. The maximum atomic E-state index is 11.0. The molecule has 12 heavy (non-hydrogen) atoms. The molecule has 0 amide bonds. The van der Waals surface area contributed by atoms with E-state index >= 15 is 0 Å². The Labute approximate surface area is 71.5 Å². The van der Waals surface area contributed by atoms with E-state index in [0.29, 0.717) is 12.3 Å². The Kier molecular flexibility index (Phi) is 2.80. The van der Waals surface area contributed by atoms with Crippen molar-refractivity contribution in [3.05, 3.63) is 30.1 Å². The molecule has 0 atom stereocenters. The summed E-state index contributed by atoms with van der Waals surface area (Å²) >= 11 is 0. The summed E-state index contributed by atoms with van der Waals surface area (Å²) in [6, 6.07) is 5.37. The lowest BCUT2D eigenvalue weighted by Crippen LogP contribution is -2.47. The molecule has 1 aromatic heterocycles. The van der Waals surface area contributed by atoms with Crippen LogP contribution in [0.4, 0.5) is 0 Å². The SMILES string of the molecule is CCO[n+]1ccccc1C(C)=O. The van der Waals surface area contributed by atoms with Crippen LogP contribution in [0.1, 0.15) is 24.3 Å². The molecular weight excluding hydrogens is 154 g/mol. The largest absolute Gasteiger partial charge is 0.299 e. The average molecular weight is 166 g/mol. The lowest BCUT2D eigenvalue weighted by Gasteiger charge is -1.96. The Morgan fingerprint density at radius 3 is 2.92 bits per heavy atom. The van der Waals surface area contributed by atoms with E-state index in [4.69, 9.17) is 4.84 Å². The van der Waals surface area contributed by atoms with Crippen LogP contribution in [0.15, 0.2) is 24.4 Å². The van der Waals surface area contributed by atoms with Crippen molar-refractivity contribution >= 4 is 5.78 Å². The van der Waals surface area contributed by atoms with E-state index in [1.165, 1.54) is 11.7 Å². The Morgan fingerprint density at radius 1 is 1.58 bits per heavy atom. The Bertz CT molecular complexity index is 284. The van der Waals surface area contributed by atoms with Gasteiger partial charge in [0, 0.05) is 23.8 Å². The molecule has 0 aliphatic heterocycles. The van der Waals surface area contributed by atoms with Crippen molar-refractivity contribution in [1.82, 2.24) is 0 Å². The summed E-state index contributed by atoms with van der Waals surface area (Å²) < 4.78 is 1.49. The van der Waals surface area contributed by atoms with Gasteiger partial charge < -0.3 is 0 Å². The minimum atomic E-state index is 0.00375. The average Bonchev–Trinajstić information content (AvgIpc) is 2.05. The summed E-state index contributed by atoms with van der Waals surface area (Å²) in [7, 11) is 0. The van der Waals surface area contributed by atoms with Crippen molar-refractivity contribution in [1.29, 1.82) is 0 Å². The fourth-order valence-electron chi connectivity index (χ4n) is 0.953. The summed E-state index contributed by atoms with van der Waals surface area (Å²) in [5.74, 6) is 0.00375. The van der Waals surface area contributed by atoms with Gasteiger partial charge in [-0.1, -0.05) is 0 Å². The number of carbonyl (C=O) groups is 1. The Morgan fingerprint density at radius 2 is 2.33 bits per heavy atom. The molecule has 3 heteroatoms. The number of hydrogen-bond donors (Lipinski definition) is 0. The standard InChI is InChI=1S/C9H12NO2/c1-3-12-10-7-5-4-6-9(10)8(2)11/h4-7H,3H2,1-2H3/q+1. The monoisotopic (exact) mass is 166 g/mol. The van der Waals surface area contributed by atoms with Gasteiger partial charge in [-0.15, -0.1) is 0 Å². The number of hydrogen-bond acceptors (Lipinski definition) is 2. The molecule has 1 rings (SSSR count). The first-order valence-electron chi connectivity index (χ1n) is 3.90. The zero-order valence-corrected chi connectivity index (χ0v) is 7.28. The first-order chi connectivity index (χ1) is 5.75. The normalized spacial score (nSPS) is 9.50. The lowest BCUT2D eigenvalue weighted by atomic mass is 10.3. The van der Waals surface area contributed by atoms with Gasteiger partial charge >= 0.3 is 0 Å². The van der Waals surface area contributed by atoms with Gasteiger partial charge in [0.2, 0.25) is 12.0 Å². The second-order valence-corrected chi connectivity index (χ2v) is 2.39. The van der Waals surface area contributed by atoms with E-state index < -0.39 is 0 Å². The van der Waals surface area contributed by atoms with Crippen LogP contribution < -0.4 is 9.57 Å². The van der Waals surface area contributed by atoms with Crippen LogP contribution in [-0.4, -0.2) is 12.4 Å². The first kappa shape index (κ1) is 8.71. The Balaban J connectivity index is 3.00. The molecule has 0 radical (unpaired) electrons. The molecule has 0 aliphatic carbocycles. The van der Waals surface area contributed by atoms with Crippen LogP contribution in [0.25, 0.3) is 0 Å². The molecule has 0 saturated heterocycles. The predicted octanol–water partition coefficient (Wildman–Crippen LogP) is 0.625. The fourth-order valence-corrected chi connectivity index (χ4v) is 0.953. The predicted molar refractivity (Wildman–Crippen MR) is 43.8 cm³/mol. The van der Waals surface area contributed by atoms with Gasteiger partial charge in [0.1, 0.15) is 0 Å². The van der Waals surface area contributed by atoms with Gasteiger partial charge in [0.25, 0.3) is 5.69 Å². The van der Waals surface area contributed by atoms with Crippen LogP contribution in [0.2, 0.25) is 0 Å². The molecule has 0 saturated carbocycles. The second-order valence-electron chi connectivity index (χ2n) is 2.39. The summed E-state index contributed by atoms with van der Waals surface area (Å²) in [5, 5.41) is 0. The third-order valence-electron chi connectivity index (χ3n) is 1.45. The van der Waals surface area contributed by atoms with Crippen molar-refractivity contribution in [3.8, 4) is 0 Å². The summed E-state index contributed by atoms with van der Waals surface area (Å²) in [5.41, 5.74) is 0.569. The van der Waals surface area contributed by atoms with Gasteiger partial charge in [-0.3, -0.25) is 9.63 Å². The molecule has 0 unspecified atom stereocenters. The highest BCUT2D eigenvalue weighted by molar-refractivity contribution is 5.90. The molecule has 0 spiro atoms. The zero-order chi connectivity index (χ0) is 8.97. The minimum Gasteiger partial charge on any atom is -0.288 e. The van der Waals surface area contributed by atoms with E-state index in [0.717, 1.165) is 0 Å². The van der Waals surface area contributed by atoms with Crippen molar-refractivity contribution in [2.75, 3.05) is 6.61 Å². The molecule has 3 nitrogen and oxygen atoms in total. The van der Waals surface area contributed by atoms with Crippen molar-refractivity contribution < 1.29 is 14.4 Å². The van der Waals surface area contributed by atoms with E-state index in [1.54, 1.807) is 12.3 Å². The number of aromatic nitrogens is 1. The molecule has 1 heterocycles. The summed E-state index contributed by atoms with van der Waals surface area (Å²) in [4.78, 5) is 16.2. The fraction of sp³-hybridized carbons (Fsp3) is 0.333. The molecule has 0 aromatic carbocycles. The van der Waals surface area contributed by atoms with Gasteiger partial charge in [-0.2, -0.15) is 0 Å². The van der Waals surface area contributed by atoms with E-state index in [-0.39, 0.29) is 5.78 Å². The topological polar surface area (TPSA) is 30.2 Å². The van der Waals surface area contributed by atoms with Crippen molar-refractivity contribution in [2.45, 2.75) is 13.8 Å². The maximum Gasteiger partial charge on any atom is 0.299 e. The second kappa shape index (κ2) is 3.85. The van der Waals surface area contributed by atoms with Crippen LogP contribution >= 0.6 is 0 Å². The number of ketones is 1. The maximum absolute atomic E-state index is 11.0. The molecule has 64 valence electrons. The molecule has 0 bridgehead atoms. The molecular formula is C9H12NO2+. The third-order valence-corrected chi connectivity index (χ3v) is 1.45. The minimum absolute atomic E-state index is 0.00375. The van der Waals surface area contributed by atoms with Gasteiger partial charge in [-0.25, -0.2) is 0 Å². The van der Waals surface area contributed by atoms with Gasteiger partial charge in [0.15, 0.2) is 6.61 Å². The highest BCUT2D eigenvalue weighted by Crippen LogP contribution is 1.90. The van der Waals surface area contributed by atoms with Crippen LogP contribution in [0.3, 0.4) is 0 Å². The number of rotatable bonds is 3. The van der Waals surface area contributed by atoms with E-state index in [9.17, 15) is 4.79 Å². The van der Waals surface area contributed by atoms with Crippen LogP contribution in [0.5, 0.6) is 0 Å². The van der Waals surface area contributed by atoms with E-state index in [2.05, 4.69) is 0 Å². The lowest BCUT2D eigenvalue weighted by molar-refractivity contribution is -0.891. The van der Waals surface area contributed by atoms with Crippen molar-refractivity contribution in [3.63, 3.8) is 0 Å². The quantitative estimate of drug-likeness (QED) is 0.487. The van der Waals surface area contributed by atoms with Gasteiger partial charge in [-0.05, 0) is 13.0 Å². The summed E-state index contributed by atoms with van der Waals surface area (Å²) in [6.07, 6.45) is 1.72. The molecule has 0 aliphatic rings. The highest BCUT2D eigenvalue weighted by Gasteiger charge is 2.14. The van der Waals surface area contributed by atoms with Gasteiger partial charge in [0.05, 0.1) is 0 Å². The third kappa shape index (κ3) is 1.81. The highest BCUT2D eigenvalue weighted by atomic mass is 16.7. The molecule has 0 fully saturated rings. The smallest absolute Gasteiger partial charge is 0.288 e. The van der Waals surface area contributed by atoms with Crippen molar-refractivity contribution in [2.24, 2.45) is 0 Å². The number of carbonyl (C=O) groups excluding carboxylic acids is 1. The van der Waals surface area contributed by atoms with E-state index in [1.807, 2.05) is 19.1 Å². The first-order valence-corrected chi connectivity index (χ1v) is 3.90. The Hall–Kier alpha value is -1.38. The zero-order valence-electron chi connectivity index (χ0n) is 7.28. The number of Topliss-reactive ketones (excluding diaryl/α,β-unsaturated/α-hetero) is 1. The number of nitrogens with zero attached hydrogens (tertiary/aromatic N) is 1. The van der Waals surface area contributed by atoms with Crippen LogP contribution in [-0.2, 0) is 0 Å². The molecule has 1 aromatic rings.